The first kappa shape index (κ1) is 14.9. The molecule has 0 aromatic heterocycles. The fourth-order valence-electron chi connectivity index (χ4n) is 3.07. The minimum atomic E-state index is 0.112. The highest BCUT2D eigenvalue weighted by Crippen LogP contribution is 2.30. The molecule has 17 heavy (non-hydrogen) atoms. The van der Waals surface area contributed by atoms with E-state index in [1.807, 2.05) is 0 Å². The third-order valence-corrected chi connectivity index (χ3v) is 4.71. The van der Waals surface area contributed by atoms with Crippen molar-refractivity contribution in [1.29, 1.82) is 0 Å². The standard InChI is InChI=1S/C14H30N2O/c1-6-14(7-2,11-17)10-16-8-12(3)13(9-16)15(4)5/h12-13,17H,6-11H2,1-5H3. The maximum absolute atomic E-state index is 9.64. The van der Waals surface area contributed by atoms with Gasteiger partial charge in [0.25, 0.3) is 0 Å². The van der Waals surface area contributed by atoms with E-state index in [-0.39, 0.29) is 5.41 Å². The molecule has 0 bridgehead atoms. The lowest BCUT2D eigenvalue weighted by Gasteiger charge is -2.34. The normalized spacial score (nSPS) is 27.0. The number of hydrogen-bond donors (Lipinski definition) is 1. The highest BCUT2D eigenvalue weighted by molar-refractivity contribution is 4.90. The van der Waals surface area contributed by atoms with Crippen molar-refractivity contribution >= 4 is 0 Å². The van der Waals surface area contributed by atoms with Gasteiger partial charge in [-0.05, 0) is 32.9 Å². The van der Waals surface area contributed by atoms with E-state index in [2.05, 4.69) is 44.7 Å². The molecule has 0 aliphatic carbocycles. The van der Waals surface area contributed by atoms with Gasteiger partial charge in [-0.25, -0.2) is 0 Å². The SMILES string of the molecule is CCC(CC)(CO)CN1CC(C)C(N(C)C)C1. The van der Waals surface area contributed by atoms with Crippen LogP contribution in [0, 0.1) is 11.3 Å². The number of nitrogens with zero attached hydrogens (tertiary/aromatic N) is 2. The maximum atomic E-state index is 9.64. The van der Waals surface area contributed by atoms with E-state index < -0.39 is 0 Å². The Balaban J connectivity index is 2.59. The summed E-state index contributed by atoms with van der Waals surface area (Å²) in [7, 11) is 4.34. The van der Waals surface area contributed by atoms with E-state index in [1.165, 1.54) is 6.54 Å². The highest BCUT2D eigenvalue weighted by Gasteiger charge is 2.35. The van der Waals surface area contributed by atoms with E-state index in [1.54, 1.807) is 0 Å². The summed E-state index contributed by atoms with van der Waals surface area (Å²) >= 11 is 0. The van der Waals surface area contributed by atoms with Gasteiger partial charge in [0.1, 0.15) is 0 Å². The molecule has 0 aromatic carbocycles. The molecule has 1 N–H and O–H groups in total. The van der Waals surface area contributed by atoms with E-state index in [9.17, 15) is 5.11 Å². The summed E-state index contributed by atoms with van der Waals surface area (Å²) in [5, 5.41) is 9.64. The van der Waals surface area contributed by atoms with Crippen LogP contribution in [0.15, 0.2) is 0 Å². The number of rotatable bonds is 6. The summed E-state index contributed by atoms with van der Waals surface area (Å²) in [5.41, 5.74) is 0.112. The molecule has 1 fully saturated rings. The van der Waals surface area contributed by atoms with Crippen LogP contribution >= 0.6 is 0 Å². The van der Waals surface area contributed by atoms with Crippen LogP contribution < -0.4 is 0 Å². The van der Waals surface area contributed by atoms with E-state index in [0.29, 0.717) is 12.6 Å². The van der Waals surface area contributed by atoms with Crippen LogP contribution in [0.25, 0.3) is 0 Å². The average molecular weight is 242 g/mol. The summed E-state index contributed by atoms with van der Waals surface area (Å²) < 4.78 is 0. The van der Waals surface area contributed by atoms with Gasteiger partial charge in [0.15, 0.2) is 0 Å². The summed E-state index contributed by atoms with van der Waals surface area (Å²) in [6.45, 7) is 10.4. The lowest BCUT2D eigenvalue weighted by Crippen LogP contribution is -2.40. The van der Waals surface area contributed by atoms with Gasteiger partial charge in [0.05, 0.1) is 0 Å². The molecule has 0 radical (unpaired) electrons. The van der Waals surface area contributed by atoms with Crippen LogP contribution in [-0.4, -0.2) is 61.3 Å². The Bertz CT molecular complexity index is 218. The lowest BCUT2D eigenvalue weighted by molar-refractivity contribution is 0.0721. The topological polar surface area (TPSA) is 26.7 Å². The van der Waals surface area contributed by atoms with Gasteiger partial charge in [-0.2, -0.15) is 0 Å². The number of likely N-dealkylation sites (N-methyl/N-ethyl adjacent to an activating group) is 1. The van der Waals surface area contributed by atoms with Gasteiger partial charge in [0, 0.05) is 37.7 Å². The molecule has 1 heterocycles. The Morgan fingerprint density at radius 1 is 1.24 bits per heavy atom. The summed E-state index contributed by atoms with van der Waals surface area (Å²) in [6.07, 6.45) is 2.13. The van der Waals surface area contributed by atoms with Crippen molar-refractivity contribution in [3.63, 3.8) is 0 Å². The Morgan fingerprint density at radius 2 is 1.82 bits per heavy atom. The summed E-state index contributed by atoms with van der Waals surface area (Å²) in [4.78, 5) is 4.88. The Morgan fingerprint density at radius 3 is 2.18 bits per heavy atom. The zero-order valence-electron chi connectivity index (χ0n) is 12.2. The van der Waals surface area contributed by atoms with Crippen LogP contribution in [0.3, 0.4) is 0 Å². The number of hydrogen-bond acceptors (Lipinski definition) is 3. The second-order valence-corrected chi connectivity index (χ2v) is 6.07. The number of aliphatic hydroxyl groups excluding tert-OH is 1. The Hall–Kier alpha value is -0.120. The number of aliphatic hydroxyl groups is 1. The quantitative estimate of drug-likeness (QED) is 0.767. The molecule has 3 nitrogen and oxygen atoms in total. The van der Waals surface area contributed by atoms with Crippen LogP contribution in [0.4, 0.5) is 0 Å². The molecular weight excluding hydrogens is 212 g/mol. The van der Waals surface area contributed by atoms with Gasteiger partial charge in [-0.1, -0.05) is 20.8 Å². The molecule has 1 aliphatic rings. The van der Waals surface area contributed by atoms with Crippen molar-refractivity contribution in [2.75, 3.05) is 40.3 Å². The van der Waals surface area contributed by atoms with Gasteiger partial charge in [-0.15, -0.1) is 0 Å². The number of likely N-dealkylation sites (tertiary alicyclic amines) is 1. The zero-order valence-corrected chi connectivity index (χ0v) is 12.2. The smallest absolute Gasteiger partial charge is 0.0499 e. The summed E-state index contributed by atoms with van der Waals surface area (Å²) in [6, 6.07) is 0.667. The molecule has 3 heteroatoms. The van der Waals surface area contributed by atoms with Crippen molar-refractivity contribution in [2.24, 2.45) is 11.3 Å². The Labute approximate surface area is 107 Å². The molecule has 2 atom stereocenters. The lowest BCUT2D eigenvalue weighted by atomic mass is 9.83. The van der Waals surface area contributed by atoms with Crippen molar-refractivity contribution in [3.8, 4) is 0 Å². The van der Waals surface area contributed by atoms with Crippen LogP contribution in [-0.2, 0) is 0 Å². The molecular formula is C14H30N2O. The van der Waals surface area contributed by atoms with Gasteiger partial charge < -0.3 is 14.9 Å². The van der Waals surface area contributed by atoms with Crippen molar-refractivity contribution in [2.45, 2.75) is 39.7 Å². The van der Waals surface area contributed by atoms with Crippen molar-refractivity contribution in [3.05, 3.63) is 0 Å². The summed E-state index contributed by atoms with van der Waals surface area (Å²) in [5.74, 6) is 0.732. The molecule has 1 rings (SSSR count). The van der Waals surface area contributed by atoms with Gasteiger partial charge >= 0.3 is 0 Å². The highest BCUT2D eigenvalue weighted by atomic mass is 16.3. The first-order valence-electron chi connectivity index (χ1n) is 6.97. The second kappa shape index (κ2) is 6.17. The Kier molecular flexibility index (Phi) is 5.42. The predicted octanol–water partition coefficient (Wildman–Crippen LogP) is 1.67. The molecule has 0 amide bonds. The van der Waals surface area contributed by atoms with Crippen LogP contribution in [0.5, 0.6) is 0 Å². The third kappa shape index (κ3) is 3.43. The van der Waals surface area contributed by atoms with Gasteiger partial charge in [-0.3, -0.25) is 0 Å². The van der Waals surface area contributed by atoms with Gasteiger partial charge in [0.2, 0.25) is 0 Å². The molecule has 0 saturated carbocycles. The van der Waals surface area contributed by atoms with Crippen molar-refractivity contribution < 1.29 is 5.11 Å². The first-order valence-corrected chi connectivity index (χ1v) is 6.97. The minimum Gasteiger partial charge on any atom is -0.396 e. The minimum absolute atomic E-state index is 0.112. The fourth-order valence-corrected chi connectivity index (χ4v) is 3.07. The fraction of sp³-hybridized carbons (Fsp3) is 1.00. The monoisotopic (exact) mass is 242 g/mol. The van der Waals surface area contributed by atoms with E-state index in [0.717, 1.165) is 31.8 Å². The molecule has 2 unspecified atom stereocenters. The van der Waals surface area contributed by atoms with Crippen molar-refractivity contribution in [1.82, 2.24) is 9.80 Å². The largest absolute Gasteiger partial charge is 0.396 e. The maximum Gasteiger partial charge on any atom is 0.0499 e. The van der Waals surface area contributed by atoms with Crippen LogP contribution in [0.2, 0.25) is 0 Å². The van der Waals surface area contributed by atoms with Crippen LogP contribution in [0.1, 0.15) is 33.6 Å². The van der Waals surface area contributed by atoms with E-state index in [4.69, 9.17) is 0 Å². The first-order chi connectivity index (χ1) is 7.98. The molecule has 0 spiro atoms. The average Bonchev–Trinajstić information content (AvgIpc) is 2.67. The molecule has 102 valence electrons. The third-order valence-electron chi connectivity index (χ3n) is 4.71. The zero-order chi connectivity index (χ0) is 13.1. The molecule has 1 aliphatic heterocycles. The second-order valence-electron chi connectivity index (χ2n) is 6.07. The molecule has 0 aromatic rings. The predicted molar refractivity (Wildman–Crippen MR) is 73.2 cm³/mol. The van der Waals surface area contributed by atoms with E-state index >= 15 is 0 Å². The molecule has 1 saturated heterocycles.